The Morgan fingerprint density at radius 3 is 2.45 bits per heavy atom. The largest absolute Gasteiger partial charge is 0.497 e. The third-order valence-corrected chi connectivity index (χ3v) is 4.05. The van der Waals surface area contributed by atoms with Crippen molar-refractivity contribution in [3.8, 4) is 11.5 Å². The second kappa shape index (κ2) is 6.10. The number of methoxy groups -OCH3 is 2. The Hall–Kier alpha value is -2.49. The number of hydrogen-bond donors (Lipinski definition) is 1. The molecule has 114 valence electrons. The average molecular weight is 297 g/mol. The fourth-order valence-electron chi connectivity index (χ4n) is 2.89. The van der Waals surface area contributed by atoms with E-state index in [1.807, 2.05) is 12.1 Å². The minimum atomic E-state index is -0.112. The van der Waals surface area contributed by atoms with Crippen LogP contribution in [-0.2, 0) is 6.42 Å². The molecular weight excluding hydrogens is 278 g/mol. The van der Waals surface area contributed by atoms with E-state index in [2.05, 4.69) is 17.4 Å². The Bertz CT molecular complexity index is 674. The number of rotatable bonds is 4. The standard InChI is InChI=1S/C18H19NO3/c1-21-14-9-13(10-15(11-14)22-2)18(20)19-17-8-7-12-5-3-4-6-16(12)17/h3-6,9-11,17H,7-8H2,1-2H3,(H,19,20)/t17-/m1/s1. The van der Waals surface area contributed by atoms with Gasteiger partial charge in [0.15, 0.2) is 0 Å². The highest BCUT2D eigenvalue weighted by Crippen LogP contribution is 2.31. The molecule has 0 saturated heterocycles. The van der Waals surface area contributed by atoms with E-state index < -0.39 is 0 Å². The number of amides is 1. The first-order valence-corrected chi connectivity index (χ1v) is 7.33. The molecule has 0 aliphatic heterocycles. The molecule has 4 nitrogen and oxygen atoms in total. The van der Waals surface area contributed by atoms with Crippen molar-refractivity contribution in [2.75, 3.05) is 14.2 Å². The summed E-state index contributed by atoms with van der Waals surface area (Å²) in [5.41, 5.74) is 3.07. The summed E-state index contributed by atoms with van der Waals surface area (Å²) < 4.78 is 10.4. The van der Waals surface area contributed by atoms with Gasteiger partial charge in [-0.15, -0.1) is 0 Å². The van der Waals surface area contributed by atoms with Crippen LogP contribution < -0.4 is 14.8 Å². The first kappa shape index (κ1) is 14.4. The number of aryl methyl sites for hydroxylation is 1. The monoisotopic (exact) mass is 297 g/mol. The lowest BCUT2D eigenvalue weighted by atomic mass is 10.1. The Morgan fingerprint density at radius 2 is 1.77 bits per heavy atom. The highest BCUT2D eigenvalue weighted by Gasteiger charge is 2.24. The van der Waals surface area contributed by atoms with Gasteiger partial charge in [0.25, 0.3) is 5.91 Å². The van der Waals surface area contributed by atoms with Crippen LogP contribution in [0.1, 0.15) is 33.9 Å². The average Bonchev–Trinajstić information content (AvgIpc) is 2.97. The summed E-state index contributed by atoms with van der Waals surface area (Å²) in [6, 6.07) is 13.5. The van der Waals surface area contributed by atoms with Gasteiger partial charge in [0, 0.05) is 11.6 Å². The van der Waals surface area contributed by atoms with Gasteiger partial charge < -0.3 is 14.8 Å². The van der Waals surface area contributed by atoms with Crippen LogP contribution in [0.3, 0.4) is 0 Å². The molecule has 0 radical (unpaired) electrons. The third-order valence-electron chi connectivity index (χ3n) is 4.05. The van der Waals surface area contributed by atoms with Gasteiger partial charge in [-0.1, -0.05) is 24.3 Å². The maximum absolute atomic E-state index is 12.5. The van der Waals surface area contributed by atoms with E-state index in [9.17, 15) is 4.79 Å². The summed E-state index contributed by atoms with van der Waals surface area (Å²) in [4.78, 5) is 12.5. The van der Waals surface area contributed by atoms with Crippen LogP contribution >= 0.6 is 0 Å². The molecule has 1 aliphatic rings. The van der Waals surface area contributed by atoms with Crippen LogP contribution in [0.4, 0.5) is 0 Å². The third kappa shape index (κ3) is 2.77. The smallest absolute Gasteiger partial charge is 0.252 e. The van der Waals surface area contributed by atoms with Gasteiger partial charge in [0.2, 0.25) is 0 Å². The number of benzene rings is 2. The molecule has 0 saturated carbocycles. The highest BCUT2D eigenvalue weighted by molar-refractivity contribution is 5.95. The topological polar surface area (TPSA) is 47.6 Å². The van der Waals surface area contributed by atoms with Gasteiger partial charge >= 0.3 is 0 Å². The molecule has 2 aromatic rings. The SMILES string of the molecule is COc1cc(OC)cc(C(=O)N[C@@H]2CCc3ccccc32)c1. The minimum Gasteiger partial charge on any atom is -0.497 e. The summed E-state index contributed by atoms with van der Waals surface area (Å²) in [6.45, 7) is 0. The van der Waals surface area contributed by atoms with Gasteiger partial charge in [-0.3, -0.25) is 4.79 Å². The predicted octanol–water partition coefficient (Wildman–Crippen LogP) is 3.12. The van der Waals surface area contributed by atoms with E-state index in [0.29, 0.717) is 17.1 Å². The first-order valence-electron chi connectivity index (χ1n) is 7.33. The number of hydrogen-bond acceptors (Lipinski definition) is 3. The van der Waals surface area contributed by atoms with Gasteiger partial charge in [-0.25, -0.2) is 0 Å². The van der Waals surface area contributed by atoms with Crippen LogP contribution in [0, 0.1) is 0 Å². The zero-order valence-corrected chi connectivity index (χ0v) is 12.8. The molecule has 3 rings (SSSR count). The molecule has 0 unspecified atom stereocenters. The van der Waals surface area contributed by atoms with Crippen LogP contribution in [-0.4, -0.2) is 20.1 Å². The zero-order chi connectivity index (χ0) is 15.5. The first-order chi connectivity index (χ1) is 10.7. The number of ether oxygens (including phenoxy) is 2. The van der Waals surface area contributed by atoms with Gasteiger partial charge in [-0.2, -0.15) is 0 Å². The molecule has 0 heterocycles. The minimum absolute atomic E-state index is 0.0703. The lowest BCUT2D eigenvalue weighted by Crippen LogP contribution is -2.27. The number of nitrogens with one attached hydrogen (secondary N) is 1. The van der Waals surface area contributed by atoms with Crippen molar-refractivity contribution >= 4 is 5.91 Å². The van der Waals surface area contributed by atoms with E-state index in [4.69, 9.17) is 9.47 Å². The van der Waals surface area contributed by atoms with Crippen molar-refractivity contribution in [2.45, 2.75) is 18.9 Å². The van der Waals surface area contributed by atoms with E-state index >= 15 is 0 Å². The van der Waals surface area contributed by atoms with Crippen LogP contribution in [0.25, 0.3) is 0 Å². The predicted molar refractivity (Wildman–Crippen MR) is 84.5 cm³/mol. The summed E-state index contributed by atoms with van der Waals surface area (Å²) >= 11 is 0. The Labute approximate surface area is 130 Å². The van der Waals surface area contributed by atoms with Crippen LogP contribution in [0.15, 0.2) is 42.5 Å². The van der Waals surface area contributed by atoms with Crippen molar-refractivity contribution in [2.24, 2.45) is 0 Å². The molecule has 22 heavy (non-hydrogen) atoms. The van der Waals surface area contributed by atoms with E-state index in [1.54, 1.807) is 32.4 Å². The molecule has 4 heteroatoms. The van der Waals surface area contributed by atoms with Crippen molar-refractivity contribution < 1.29 is 14.3 Å². The Balaban J connectivity index is 1.81. The maximum Gasteiger partial charge on any atom is 0.252 e. The molecule has 2 aromatic carbocycles. The molecule has 0 fully saturated rings. The molecule has 1 N–H and O–H groups in total. The van der Waals surface area contributed by atoms with Crippen molar-refractivity contribution in [1.29, 1.82) is 0 Å². The summed E-state index contributed by atoms with van der Waals surface area (Å²) in [7, 11) is 3.15. The number of carbonyl (C=O) groups is 1. The highest BCUT2D eigenvalue weighted by atomic mass is 16.5. The summed E-state index contributed by atoms with van der Waals surface area (Å²) in [5, 5.41) is 3.10. The fourth-order valence-corrected chi connectivity index (χ4v) is 2.89. The lowest BCUT2D eigenvalue weighted by molar-refractivity contribution is 0.0936. The maximum atomic E-state index is 12.5. The zero-order valence-electron chi connectivity index (χ0n) is 12.8. The van der Waals surface area contributed by atoms with Crippen molar-refractivity contribution in [3.05, 3.63) is 59.2 Å². The number of carbonyl (C=O) groups excluding carboxylic acids is 1. The molecular formula is C18H19NO3. The molecule has 0 aromatic heterocycles. The molecule has 0 bridgehead atoms. The van der Waals surface area contributed by atoms with Gasteiger partial charge in [-0.05, 0) is 36.1 Å². The molecule has 1 aliphatic carbocycles. The number of fused-ring (bicyclic) bond motifs is 1. The van der Waals surface area contributed by atoms with Crippen molar-refractivity contribution in [3.63, 3.8) is 0 Å². The molecule has 1 atom stereocenters. The summed E-state index contributed by atoms with van der Waals surface area (Å²) in [5.74, 6) is 1.10. The van der Waals surface area contributed by atoms with Crippen LogP contribution in [0.5, 0.6) is 11.5 Å². The Morgan fingerprint density at radius 1 is 1.09 bits per heavy atom. The summed E-state index contributed by atoms with van der Waals surface area (Å²) in [6.07, 6.45) is 1.94. The lowest BCUT2D eigenvalue weighted by Gasteiger charge is -2.15. The van der Waals surface area contributed by atoms with Gasteiger partial charge in [0.1, 0.15) is 11.5 Å². The van der Waals surface area contributed by atoms with Gasteiger partial charge in [0.05, 0.1) is 20.3 Å². The van der Waals surface area contributed by atoms with Crippen LogP contribution in [0.2, 0.25) is 0 Å². The quantitative estimate of drug-likeness (QED) is 0.943. The van der Waals surface area contributed by atoms with Crippen molar-refractivity contribution in [1.82, 2.24) is 5.32 Å². The second-order valence-corrected chi connectivity index (χ2v) is 5.36. The van der Waals surface area contributed by atoms with E-state index in [1.165, 1.54) is 11.1 Å². The fraction of sp³-hybridized carbons (Fsp3) is 0.278. The Kier molecular flexibility index (Phi) is 4.00. The second-order valence-electron chi connectivity index (χ2n) is 5.36. The van der Waals surface area contributed by atoms with E-state index in [-0.39, 0.29) is 11.9 Å². The molecule has 1 amide bonds. The molecule has 0 spiro atoms. The van der Waals surface area contributed by atoms with E-state index in [0.717, 1.165) is 12.8 Å². The normalized spacial score (nSPS) is 16.0.